The number of anilines is 1. The monoisotopic (exact) mass is 342 g/mol. The van der Waals surface area contributed by atoms with E-state index in [9.17, 15) is 9.59 Å². The highest BCUT2D eigenvalue weighted by atomic mass is 16.2. The summed E-state index contributed by atoms with van der Waals surface area (Å²) >= 11 is 0. The van der Waals surface area contributed by atoms with E-state index in [0.717, 1.165) is 55.6 Å². The fourth-order valence-electron chi connectivity index (χ4n) is 3.59. The number of pyridine rings is 1. The number of rotatable bonds is 5. The van der Waals surface area contributed by atoms with Crippen LogP contribution in [0.15, 0.2) is 30.0 Å². The molecule has 2 heterocycles. The molecule has 0 spiro atoms. The Morgan fingerprint density at radius 2 is 2.20 bits per heavy atom. The lowest BCUT2D eigenvalue weighted by Crippen LogP contribution is -2.42. The zero-order chi connectivity index (χ0) is 17.6. The van der Waals surface area contributed by atoms with Gasteiger partial charge in [-0.15, -0.1) is 0 Å². The number of nitrogens with one attached hydrogen (secondary N) is 1. The number of amides is 2. The molecule has 1 aromatic rings. The minimum Gasteiger partial charge on any atom is -0.369 e. The second kappa shape index (κ2) is 8.14. The lowest BCUT2D eigenvalue weighted by Gasteiger charge is -2.33. The number of aromatic nitrogens is 1. The van der Waals surface area contributed by atoms with Crippen LogP contribution in [0.2, 0.25) is 0 Å². The number of carbonyl (C=O) groups is 2. The first-order chi connectivity index (χ1) is 12.1. The number of carbonyl (C=O) groups excluding carboxylic acids is 2. The third-order valence-electron chi connectivity index (χ3n) is 5.01. The van der Waals surface area contributed by atoms with E-state index in [1.54, 1.807) is 6.20 Å². The first-order valence-electron chi connectivity index (χ1n) is 9.10. The van der Waals surface area contributed by atoms with Gasteiger partial charge >= 0.3 is 0 Å². The molecule has 134 valence electrons. The summed E-state index contributed by atoms with van der Waals surface area (Å²) in [5, 5.41) is 3.02. The highest BCUT2D eigenvalue weighted by molar-refractivity contribution is 5.93. The van der Waals surface area contributed by atoms with Gasteiger partial charge in [0.25, 0.3) is 0 Å². The van der Waals surface area contributed by atoms with Gasteiger partial charge in [-0.1, -0.05) is 12.1 Å². The van der Waals surface area contributed by atoms with E-state index in [0.29, 0.717) is 13.1 Å². The van der Waals surface area contributed by atoms with Crippen LogP contribution in [0.5, 0.6) is 0 Å². The molecule has 3 rings (SSSR count). The van der Waals surface area contributed by atoms with Gasteiger partial charge in [0, 0.05) is 37.0 Å². The SMILES string of the molecule is NC(=O)[C@@H]1CCCN(c2ncccc2CNC(=O)C2=CCCCC2)C1. The Hall–Kier alpha value is -2.37. The summed E-state index contributed by atoms with van der Waals surface area (Å²) in [6.45, 7) is 1.89. The first-order valence-corrected chi connectivity index (χ1v) is 9.10. The second-order valence-corrected chi connectivity index (χ2v) is 6.83. The van der Waals surface area contributed by atoms with Crippen LogP contribution in [0.3, 0.4) is 0 Å². The molecule has 1 aliphatic carbocycles. The number of allylic oxidation sites excluding steroid dienone is 1. The van der Waals surface area contributed by atoms with Crippen molar-refractivity contribution in [2.24, 2.45) is 11.7 Å². The maximum Gasteiger partial charge on any atom is 0.247 e. The zero-order valence-electron chi connectivity index (χ0n) is 14.5. The third-order valence-corrected chi connectivity index (χ3v) is 5.01. The van der Waals surface area contributed by atoms with Gasteiger partial charge in [0.1, 0.15) is 5.82 Å². The highest BCUT2D eigenvalue weighted by Crippen LogP contribution is 2.24. The predicted octanol–water partition coefficient (Wildman–Crippen LogP) is 1.90. The molecule has 6 heteroatoms. The summed E-state index contributed by atoms with van der Waals surface area (Å²) in [7, 11) is 0. The molecule has 25 heavy (non-hydrogen) atoms. The fraction of sp³-hybridized carbons (Fsp3) is 0.526. The molecule has 2 aliphatic rings. The molecule has 0 saturated carbocycles. The zero-order valence-corrected chi connectivity index (χ0v) is 14.5. The van der Waals surface area contributed by atoms with Crippen molar-refractivity contribution in [3.05, 3.63) is 35.5 Å². The van der Waals surface area contributed by atoms with E-state index < -0.39 is 0 Å². The van der Waals surface area contributed by atoms with Crippen LogP contribution in [0.1, 0.15) is 44.1 Å². The van der Waals surface area contributed by atoms with Crippen LogP contribution in [0.4, 0.5) is 5.82 Å². The lowest BCUT2D eigenvalue weighted by atomic mass is 9.97. The molecule has 1 saturated heterocycles. The summed E-state index contributed by atoms with van der Waals surface area (Å²) < 4.78 is 0. The molecule has 1 atom stereocenters. The van der Waals surface area contributed by atoms with E-state index in [1.165, 1.54) is 6.42 Å². The smallest absolute Gasteiger partial charge is 0.247 e. The Bertz CT molecular complexity index is 671. The highest BCUT2D eigenvalue weighted by Gasteiger charge is 2.26. The molecule has 0 bridgehead atoms. The number of nitrogens with zero attached hydrogens (tertiary/aromatic N) is 2. The van der Waals surface area contributed by atoms with Crippen molar-refractivity contribution in [1.82, 2.24) is 10.3 Å². The summed E-state index contributed by atoms with van der Waals surface area (Å²) in [5.41, 5.74) is 7.34. The van der Waals surface area contributed by atoms with Gasteiger partial charge in [-0.25, -0.2) is 4.98 Å². The van der Waals surface area contributed by atoms with Crippen LogP contribution in [-0.2, 0) is 16.1 Å². The Labute approximate surface area is 148 Å². The van der Waals surface area contributed by atoms with Crippen molar-refractivity contribution in [3.63, 3.8) is 0 Å². The molecule has 6 nitrogen and oxygen atoms in total. The van der Waals surface area contributed by atoms with Gasteiger partial charge < -0.3 is 16.0 Å². The van der Waals surface area contributed by atoms with E-state index >= 15 is 0 Å². The van der Waals surface area contributed by atoms with Crippen LogP contribution in [0, 0.1) is 5.92 Å². The Morgan fingerprint density at radius 1 is 1.32 bits per heavy atom. The first kappa shape index (κ1) is 17.5. The summed E-state index contributed by atoms with van der Waals surface area (Å²) in [5.74, 6) is 0.472. The van der Waals surface area contributed by atoms with E-state index in [-0.39, 0.29) is 17.7 Å². The quantitative estimate of drug-likeness (QED) is 0.855. The van der Waals surface area contributed by atoms with Gasteiger partial charge in [0.15, 0.2) is 0 Å². The lowest BCUT2D eigenvalue weighted by molar-refractivity contribution is -0.122. The Balaban J connectivity index is 1.67. The summed E-state index contributed by atoms with van der Waals surface area (Å²) in [4.78, 5) is 30.4. The van der Waals surface area contributed by atoms with Crippen LogP contribution < -0.4 is 16.0 Å². The maximum absolute atomic E-state index is 12.3. The molecule has 1 aliphatic heterocycles. The van der Waals surface area contributed by atoms with Crippen molar-refractivity contribution < 1.29 is 9.59 Å². The maximum atomic E-state index is 12.3. The number of nitrogens with two attached hydrogens (primary N) is 1. The van der Waals surface area contributed by atoms with Gasteiger partial charge in [0.2, 0.25) is 11.8 Å². The Kier molecular flexibility index (Phi) is 5.68. The molecule has 1 fully saturated rings. The minimum absolute atomic E-state index is 0.0168. The molecule has 0 radical (unpaired) electrons. The van der Waals surface area contributed by atoms with Gasteiger partial charge in [-0.05, 0) is 44.6 Å². The number of piperidine rings is 1. The van der Waals surface area contributed by atoms with Crippen molar-refractivity contribution in [1.29, 1.82) is 0 Å². The third kappa shape index (κ3) is 4.38. The number of primary amides is 1. The van der Waals surface area contributed by atoms with Crippen molar-refractivity contribution in [2.75, 3.05) is 18.0 Å². The standard InChI is InChI=1S/C19H26N4O2/c20-17(24)16-9-5-11-23(13-16)18-15(8-4-10-21-18)12-22-19(25)14-6-2-1-3-7-14/h4,6,8,10,16H,1-3,5,7,9,11-13H2,(H2,20,24)(H,22,25)/t16-/m1/s1. The summed E-state index contributed by atoms with van der Waals surface area (Å²) in [6, 6.07) is 3.85. The number of hydrogen-bond acceptors (Lipinski definition) is 4. The molecule has 2 amide bonds. The van der Waals surface area contributed by atoms with E-state index in [4.69, 9.17) is 5.73 Å². The average molecular weight is 342 g/mol. The number of hydrogen-bond donors (Lipinski definition) is 2. The summed E-state index contributed by atoms with van der Waals surface area (Å²) in [6.07, 6.45) is 9.64. The van der Waals surface area contributed by atoms with Crippen molar-refractivity contribution in [2.45, 2.75) is 45.1 Å². The van der Waals surface area contributed by atoms with Crippen molar-refractivity contribution in [3.8, 4) is 0 Å². The van der Waals surface area contributed by atoms with Crippen LogP contribution in [0.25, 0.3) is 0 Å². The molecular weight excluding hydrogens is 316 g/mol. The Morgan fingerprint density at radius 3 is 2.96 bits per heavy atom. The van der Waals surface area contributed by atoms with Crippen LogP contribution >= 0.6 is 0 Å². The van der Waals surface area contributed by atoms with E-state index in [2.05, 4.69) is 15.2 Å². The minimum atomic E-state index is -0.250. The average Bonchev–Trinajstić information content (AvgIpc) is 2.67. The molecule has 0 aromatic carbocycles. The second-order valence-electron chi connectivity index (χ2n) is 6.83. The van der Waals surface area contributed by atoms with Crippen molar-refractivity contribution >= 4 is 17.6 Å². The molecule has 1 aromatic heterocycles. The van der Waals surface area contributed by atoms with Gasteiger partial charge in [-0.2, -0.15) is 0 Å². The van der Waals surface area contributed by atoms with E-state index in [1.807, 2.05) is 18.2 Å². The van der Waals surface area contributed by atoms with Crippen LogP contribution in [-0.4, -0.2) is 29.9 Å². The largest absolute Gasteiger partial charge is 0.369 e. The predicted molar refractivity (Wildman–Crippen MR) is 96.8 cm³/mol. The van der Waals surface area contributed by atoms with Gasteiger partial charge in [0.05, 0.1) is 5.92 Å². The molecule has 3 N–H and O–H groups in total. The molecular formula is C19H26N4O2. The normalized spacial score (nSPS) is 20.7. The van der Waals surface area contributed by atoms with Gasteiger partial charge in [-0.3, -0.25) is 9.59 Å². The fourth-order valence-corrected chi connectivity index (χ4v) is 3.59. The topological polar surface area (TPSA) is 88.3 Å². The molecule has 0 unspecified atom stereocenters.